The fourth-order valence-electron chi connectivity index (χ4n) is 2.38. The van der Waals surface area contributed by atoms with Gasteiger partial charge in [-0.05, 0) is 55.3 Å². The Morgan fingerprint density at radius 1 is 1.00 bits per heavy atom. The molecule has 0 heterocycles. The van der Waals surface area contributed by atoms with Crippen LogP contribution in [0.4, 0.5) is 5.69 Å². The van der Waals surface area contributed by atoms with Crippen LogP contribution in [0.3, 0.4) is 0 Å². The Morgan fingerprint density at radius 3 is 2.41 bits per heavy atom. The van der Waals surface area contributed by atoms with Gasteiger partial charge in [-0.15, -0.1) is 0 Å². The smallest absolute Gasteiger partial charge is 0.259 e. The fraction of sp³-hybridized carbons (Fsp3) is 0.333. The van der Waals surface area contributed by atoms with Crippen molar-refractivity contribution >= 4 is 33.4 Å². The van der Waals surface area contributed by atoms with Crippen molar-refractivity contribution in [2.45, 2.75) is 33.1 Å². The third-order valence-electron chi connectivity index (χ3n) is 3.88. The molecule has 0 unspecified atom stereocenters. The number of anilines is 1. The molecule has 2 N–H and O–H groups in total. The van der Waals surface area contributed by atoms with Crippen LogP contribution in [0.1, 0.15) is 53.8 Å². The van der Waals surface area contributed by atoms with E-state index in [1.165, 1.54) is 0 Å². The van der Waals surface area contributed by atoms with Crippen molar-refractivity contribution in [2.24, 2.45) is 0 Å². The van der Waals surface area contributed by atoms with Gasteiger partial charge in [-0.1, -0.05) is 36.2 Å². The van der Waals surface area contributed by atoms with Gasteiger partial charge >= 0.3 is 0 Å². The average molecular weight is 433 g/mol. The molecular formula is C21H25BrN2O3. The van der Waals surface area contributed by atoms with E-state index in [2.05, 4.69) is 33.5 Å². The van der Waals surface area contributed by atoms with Crippen LogP contribution >= 0.6 is 15.9 Å². The number of hydrogen-bond acceptors (Lipinski definition) is 3. The molecule has 0 saturated carbocycles. The fourth-order valence-corrected chi connectivity index (χ4v) is 2.74. The van der Waals surface area contributed by atoms with Gasteiger partial charge < -0.3 is 15.4 Å². The molecule has 2 rings (SSSR count). The van der Waals surface area contributed by atoms with Crippen LogP contribution in [0, 0.1) is 0 Å². The van der Waals surface area contributed by atoms with Crippen molar-refractivity contribution in [3.63, 3.8) is 0 Å². The first-order valence-electron chi connectivity index (χ1n) is 9.17. The molecule has 2 amide bonds. The lowest BCUT2D eigenvalue weighted by molar-refractivity contribution is 0.0953. The predicted molar refractivity (Wildman–Crippen MR) is 112 cm³/mol. The average Bonchev–Trinajstić information content (AvgIpc) is 2.67. The van der Waals surface area contributed by atoms with E-state index >= 15 is 0 Å². The molecule has 2 aromatic rings. The molecule has 0 radical (unpaired) electrons. The molecule has 0 saturated heterocycles. The molecule has 5 nitrogen and oxygen atoms in total. The van der Waals surface area contributed by atoms with Crippen LogP contribution in [0.25, 0.3) is 0 Å². The van der Waals surface area contributed by atoms with Gasteiger partial charge in [-0.3, -0.25) is 9.59 Å². The summed E-state index contributed by atoms with van der Waals surface area (Å²) in [5.74, 6) is 0.180. The summed E-state index contributed by atoms with van der Waals surface area (Å²) < 4.78 is 6.55. The number of carbonyl (C=O) groups excluding carboxylic acids is 2. The van der Waals surface area contributed by atoms with E-state index in [9.17, 15) is 9.59 Å². The van der Waals surface area contributed by atoms with Crippen LogP contribution in [-0.2, 0) is 0 Å². The summed E-state index contributed by atoms with van der Waals surface area (Å²) in [7, 11) is 0. The normalized spacial score (nSPS) is 10.3. The second-order valence-corrected chi connectivity index (χ2v) is 7.05. The van der Waals surface area contributed by atoms with Gasteiger partial charge in [0.15, 0.2) is 0 Å². The van der Waals surface area contributed by atoms with Gasteiger partial charge in [0.25, 0.3) is 11.8 Å². The maximum absolute atomic E-state index is 12.7. The largest absolute Gasteiger partial charge is 0.493 e. The maximum Gasteiger partial charge on any atom is 0.259 e. The third-order valence-corrected chi connectivity index (χ3v) is 4.38. The third kappa shape index (κ3) is 6.40. The first kappa shape index (κ1) is 21.0. The highest BCUT2D eigenvalue weighted by Crippen LogP contribution is 2.25. The summed E-state index contributed by atoms with van der Waals surface area (Å²) in [4.78, 5) is 24.6. The van der Waals surface area contributed by atoms with Crippen molar-refractivity contribution < 1.29 is 14.3 Å². The molecular weight excluding hydrogens is 408 g/mol. The maximum atomic E-state index is 12.7. The molecule has 0 atom stereocenters. The lowest BCUT2D eigenvalue weighted by Crippen LogP contribution is -2.23. The van der Waals surface area contributed by atoms with E-state index in [0.717, 1.165) is 23.7 Å². The zero-order valence-electron chi connectivity index (χ0n) is 15.7. The zero-order chi connectivity index (χ0) is 19.6. The van der Waals surface area contributed by atoms with Crippen molar-refractivity contribution in [1.29, 1.82) is 0 Å². The number of benzene rings is 2. The van der Waals surface area contributed by atoms with Crippen molar-refractivity contribution in [2.75, 3.05) is 18.5 Å². The summed E-state index contributed by atoms with van der Waals surface area (Å²) >= 11 is 3.40. The lowest BCUT2D eigenvalue weighted by atomic mass is 10.1. The van der Waals surface area contributed by atoms with E-state index in [1.54, 1.807) is 36.4 Å². The van der Waals surface area contributed by atoms with Gasteiger partial charge in [-0.25, -0.2) is 0 Å². The van der Waals surface area contributed by atoms with Crippen molar-refractivity contribution in [3.05, 3.63) is 58.1 Å². The Hall–Kier alpha value is -2.34. The number of amides is 2. The zero-order valence-corrected chi connectivity index (χ0v) is 17.3. The Kier molecular flexibility index (Phi) is 8.33. The van der Waals surface area contributed by atoms with E-state index in [-0.39, 0.29) is 11.8 Å². The second kappa shape index (κ2) is 10.7. The number of carbonyl (C=O) groups is 2. The Labute approximate surface area is 168 Å². The Bertz CT molecular complexity index is 775. The molecule has 6 heteroatoms. The first-order valence-corrected chi connectivity index (χ1v) is 9.96. The summed E-state index contributed by atoms with van der Waals surface area (Å²) in [6.45, 7) is 5.30. The van der Waals surface area contributed by atoms with Crippen LogP contribution in [0.15, 0.2) is 46.9 Å². The minimum absolute atomic E-state index is 0.117. The lowest BCUT2D eigenvalue weighted by Gasteiger charge is -2.12. The Morgan fingerprint density at radius 2 is 1.74 bits per heavy atom. The monoisotopic (exact) mass is 432 g/mol. The molecule has 0 fully saturated rings. The summed E-state index contributed by atoms with van der Waals surface area (Å²) in [5, 5.41) is 5.68. The first-order chi connectivity index (χ1) is 13.0. The second-order valence-electron chi connectivity index (χ2n) is 6.13. The molecule has 0 aliphatic carbocycles. The van der Waals surface area contributed by atoms with Gasteiger partial charge in [-0.2, -0.15) is 0 Å². The summed E-state index contributed by atoms with van der Waals surface area (Å²) in [6.07, 6.45) is 2.84. The summed E-state index contributed by atoms with van der Waals surface area (Å²) in [5.41, 5.74) is 1.64. The van der Waals surface area contributed by atoms with Crippen LogP contribution in [-0.4, -0.2) is 25.0 Å². The summed E-state index contributed by atoms with van der Waals surface area (Å²) in [6, 6.07) is 12.2. The quantitative estimate of drug-likeness (QED) is 0.546. The van der Waals surface area contributed by atoms with E-state index < -0.39 is 0 Å². The topological polar surface area (TPSA) is 67.4 Å². The molecule has 2 aromatic carbocycles. The SMILES string of the molecule is CCCCOc1ccc(Br)cc1C(=O)Nc1ccc(C(=O)NCCC)cc1. The number of ether oxygens (including phenoxy) is 1. The highest BCUT2D eigenvalue weighted by atomic mass is 79.9. The molecule has 0 aromatic heterocycles. The van der Waals surface area contributed by atoms with E-state index in [0.29, 0.717) is 35.7 Å². The van der Waals surface area contributed by atoms with Crippen LogP contribution in [0.5, 0.6) is 5.75 Å². The molecule has 144 valence electrons. The van der Waals surface area contributed by atoms with Crippen LogP contribution < -0.4 is 15.4 Å². The number of hydrogen-bond donors (Lipinski definition) is 2. The van der Waals surface area contributed by atoms with Crippen molar-refractivity contribution in [3.8, 4) is 5.75 Å². The minimum Gasteiger partial charge on any atom is -0.493 e. The molecule has 27 heavy (non-hydrogen) atoms. The number of rotatable bonds is 9. The minimum atomic E-state index is -0.258. The Balaban J connectivity index is 2.08. The highest BCUT2D eigenvalue weighted by Gasteiger charge is 2.14. The molecule has 0 aliphatic rings. The van der Waals surface area contributed by atoms with Gasteiger partial charge in [0, 0.05) is 22.3 Å². The predicted octanol–water partition coefficient (Wildman–Crippen LogP) is 5.02. The molecule has 0 aliphatic heterocycles. The number of halogens is 1. The van der Waals surface area contributed by atoms with Crippen LogP contribution in [0.2, 0.25) is 0 Å². The standard InChI is InChI=1S/C21H25BrN2O3/c1-3-5-13-27-19-11-8-16(22)14-18(19)21(26)24-17-9-6-15(7-10-17)20(25)23-12-4-2/h6-11,14H,3-5,12-13H2,1-2H3,(H,23,25)(H,24,26). The van der Waals surface area contributed by atoms with Gasteiger partial charge in [0.2, 0.25) is 0 Å². The van der Waals surface area contributed by atoms with Gasteiger partial charge in [0.05, 0.1) is 12.2 Å². The number of nitrogens with one attached hydrogen (secondary N) is 2. The van der Waals surface area contributed by atoms with Crippen molar-refractivity contribution in [1.82, 2.24) is 5.32 Å². The van der Waals surface area contributed by atoms with Gasteiger partial charge in [0.1, 0.15) is 5.75 Å². The highest BCUT2D eigenvalue weighted by molar-refractivity contribution is 9.10. The molecule has 0 bridgehead atoms. The molecule has 0 spiro atoms. The van der Waals surface area contributed by atoms with E-state index in [4.69, 9.17) is 4.74 Å². The number of unbranched alkanes of at least 4 members (excludes halogenated alkanes) is 1. The van der Waals surface area contributed by atoms with E-state index in [1.807, 2.05) is 13.0 Å².